The third-order valence-electron chi connectivity index (χ3n) is 6.76. The lowest BCUT2D eigenvalue weighted by molar-refractivity contribution is -0.142. The van der Waals surface area contributed by atoms with E-state index < -0.39 is 5.41 Å². The molecule has 3 amide bonds. The number of carbonyl (C=O) groups excluding carboxylic acids is 3. The van der Waals surface area contributed by atoms with Crippen molar-refractivity contribution in [1.82, 2.24) is 9.80 Å². The molecule has 0 saturated carbocycles. The lowest BCUT2D eigenvalue weighted by Gasteiger charge is -2.35. The van der Waals surface area contributed by atoms with E-state index in [1.165, 1.54) is 7.05 Å². The van der Waals surface area contributed by atoms with Crippen LogP contribution in [0.4, 0.5) is 0 Å². The highest BCUT2D eigenvalue weighted by molar-refractivity contribution is 6.10. The van der Waals surface area contributed by atoms with E-state index in [4.69, 9.17) is 9.47 Å². The summed E-state index contributed by atoms with van der Waals surface area (Å²) in [4.78, 5) is 41.8. The average molecular weight is 451 g/mol. The maximum Gasteiger partial charge on any atom is 0.240 e. The quantitative estimate of drug-likeness (QED) is 0.607. The van der Waals surface area contributed by atoms with Gasteiger partial charge in [0.05, 0.1) is 25.2 Å². The number of piperidine rings is 1. The van der Waals surface area contributed by atoms with Gasteiger partial charge < -0.3 is 14.4 Å². The van der Waals surface area contributed by atoms with Crippen LogP contribution in [-0.4, -0.2) is 60.9 Å². The molecule has 4 rings (SSSR count). The van der Waals surface area contributed by atoms with Crippen LogP contribution < -0.4 is 4.74 Å². The standard InChI is InChI=1S/C26H30N2O5/c1-27-23(29)16-26(25(27)31,20-8-10-21(32-2)11-9-20)17-24(30)28-14-12-22(13-15-28)33-18-19-6-4-3-5-7-19/h3-11,22H,12-18H2,1-2H3. The third kappa shape index (κ3) is 4.78. The molecular formula is C26H30N2O5. The Labute approximate surface area is 194 Å². The molecule has 0 bridgehead atoms. The lowest BCUT2D eigenvalue weighted by Crippen LogP contribution is -2.46. The predicted molar refractivity (Wildman–Crippen MR) is 123 cm³/mol. The second kappa shape index (κ2) is 9.75. The van der Waals surface area contributed by atoms with Crippen molar-refractivity contribution in [2.24, 2.45) is 0 Å². The van der Waals surface area contributed by atoms with Gasteiger partial charge in [0.1, 0.15) is 5.75 Å². The van der Waals surface area contributed by atoms with Crippen molar-refractivity contribution in [3.63, 3.8) is 0 Å². The maximum absolute atomic E-state index is 13.3. The minimum atomic E-state index is -1.17. The van der Waals surface area contributed by atoms with E-state index in [1.54, 1.807) is 36.3 Å². The summed E-state index contributed by atoms with van der Waals surface area (Å²) in [6.45, 7) is 1.72. The number of benzene rings is 2. The van der Waals surface area contributed by atoms with Gasteiger partial charge in [-0.05, 0) is 36.1 Å². The number of hydrogen-bond acceptors (Lipinski definition) is 5. The highest BCUT2D eigenvalue weighted by Crippen LogP contribution is 2.40. The molecule has 2 aliphatic rings. The van der Waals surface area contributed by atoms with Crippen molar-refractivity contribution in [2.75, 3.05) is 27.2 Å². The van der Waals surface area contributed by atoms with E-state index in [1.807, 2.05) is 30.3 Å². The normalized spacial score (nSPS) is 21.5. The van der Waals surface area contributed by atoms with Gasteiger partial charge in [-0.3, -0.25) is 19.3 Å². The second-order valence-electron chi connectivity index (χ2n) is 8.80. The van der Waals surface area contributed by atoms with Crippen molar-refractivity contribution < 1.29 is 23.9 Å². The summed E-state index contributed by atoms with van der Waals surface area (Å²) in [5, 5.41) is 0. The Morgan fingerprint density at radius 1 is 1.03 bits per heavy atom. The number of methoxy groups -OCH3 is 1. The van der Waals surface area contributed by atoms with Crippen molar-refractivity contribution in [2.45, 2.75) is 43.8 Å². The van der Waals surface area contributed by atoms with Gasteiger partial charge in [-0.1, -0.05) is 42.5 Å². The Kier molecular flexibility index (Phi) is 6.79. The number of imide groups is 1. The Morgan fingerprint density at radius 2 is 1.70 bits per heavy atom. The molecule has 1 atom stereocenters. The van der Waals surface area contributed by atoms with E-state index in [2.05, 4.69) is 0 Å². The van der Waals surface area contributed by atoms with Crippen LogP contribution in [0.25, 0.3) is 0 Å². The van der Waals surface area contributed by atoms with Crippen LogP contribution >= 0.6 is 0 Å². The molecule has 0 N–H and O–H groups in total. The third-order valence-corrected chi connectivity index (χ3v) is 6.76. The Hall–Kier alpha value is -3.19. The van der Waals surface area contributed by atoms with Gasteiger partial charge in [-0.15, -0.1) is 0 Å². The first-order valence-electron chi connectivity index (χ1n) is 11.3. The van der Waals surface area contributed by atoms with Crippen LogP contribution in [0.2, 0.25) is 0 Å². The van der Waals surface area contributed by atoms with E-state index in [-0.39, 0.29) is 36.7 Å². The summed E-state index contributed by atoms with van der Waals surface area (Å²) in [5.74, 6) is -0.0459. The Bertz CT molecular complexity index is 999. The van der Waals surface area contributed by atoms with Crippen molar-refractivity contribution in [1.29, 1.82) is 0 Å². The first kappa shape index (κ1) is 23.0. The molecule has 2 fully saturated rings. The molecular weight excluding hydrogens is 420 g/mol. The van der Waals surface area contributed by atoms with Crippen molar-refractivity contribution >= 4 is 17.7 Å². The van der Waals surface area contributed by atoms with Gasteiger partial charge in [-0.25, -0.2) is 0 Å². The number of likely N-dealkylation sites (N-methyl/N-ethyl adjacent to an activating group) is 1. The number of carbonyl (C=O) groups is 3. The molecule has 174 valence electrons. The van der Waals surface area contributed by atoms with E-state index in [0.29, 0.717) is 31.0 Å². The zero-order valence-corrected chi connectivity index (χ0v) is 19.2. The molecule has 0 aromatic heterocycles. The van der Waals surface area contributed by atoms with Crippen LogP contribution in [0.3, 0.4) is 0 Å². The number of ether oxygens (including phenoxy) is 2. The van der Waals surface area contributed by atoms with Gasteiger partial charge in [0.2, 0.25) is 17.7 Å². The fourth-order valence-electron chi connectivity index (χ4n) is 4.69. The minimum absolute atomic E-state index is 0.00292. The van der Waals surface area contributed by atoms with Crippen LogP contribution in [0.5, 0.6) is 5.75 Å². The first-order chi connectivity index (χ1) is 15.9. The molecule has 2 aromatic carbocycles. The van der Waals surface area contributed by atoms with Gasteiger partial charge in [0, 0.05) is 33.0 Å². The monoisotopic (exact) mass is 450 g/mol. The molecule has 0 aliphatic carbocycles. The molecule has 0 radical (unpaired) electrons. The average Bonchev–Trinajstić information content (AvgIpc) is 3.07. The molecule has 33 heavy (non-hydrogen) atoms. The number of nitrogens with zero attached hydrogens (tertiary/aromatic N) is 2. The molecule has 7 heteroatoms. The fraction of sp³-hybridized carbons (Fsp3) is 0.423. The van der Waals surface area contributed by atoms with E-state index in [0.717, 1.165) is 23.3 Å². The lowest BCUT2D eigenvalue weighted by atomic mass is 9.75. The summed E-state index contributed by atoms with van der Waals surface area (Å²) in [6, 6.07) is 17.1. The van der Waals surface area contributed by atoms with Gasteiger partial charge in [-0.2, -0.15) is 0 Å². The SMILES string of the molecule is COc1ccc(C2(CC(=O)N3CCC(OCc4ccccc4)CC3)CC(=O)N(C)C2=O)cc1. The van der Waals surface area contributed by atoms with Crippen LogP contribution in [-0.2, 0) is 31.1 Å². The van der Waals surface area contributed by atoms with Crippen molar-refractivity contribution in [3.05, 3.63) is 65.7 Å². The van der Waals surface area contributed by atoms with Crippen LogP contribution in [0.1, 0.15) is 36.8 Å². The first-order valence-corrected chi connectivity index (χ1v) is 11.3. The second-order valence-corrected chi connectivity index (χ2v) is 8.80. The zero-order chi connectivity index (χ0) is 23.4. The van der Waals surface area contributed by atoms with Gasteiger partial charge in [0.25, 0.3) is 0 Å². The summed E-state index contributed by atoms with van der Waals surface area (Å²) in [7, 11) is 3.05. The molecule has 7 nitrogen and oxygen atoms in total. The molecule has 2 saturated heterocycles. The highest BCUT2D eigenvalue weighted by Gasteiger charge is 2.53. The molecule has 2 heterocycles. The fourth-order valence-corrected chi connectivity index (χ4v) is 4.69. The largest absolute Gasteiger partial charge is 0.497 e. The minimum Gasteiger partial charge on any atom is -0.497 e. The zero-order valence-electron chi connectivity index (χ0n) is 19.2. The van der Waals surface area contributed by atoms with E-state index >= 15 is 0 Å². The maximum atomic E-state index is 13.3. The van der Waals surface area contributed by atoms with E-state index in [9.17, 15) is 14.4 Å². The van der Waals surface area contributed by atoms with Crippen molar-refractivity contribution in [3.8, 4) is 5.75 Å². The summed E-state index contributed by atoms with van der Waals surface area (Å²) in [5.41, 5.74) is 0.627. The predicted octanol–water partition coefficient (Wildman–Crippen LogP) is 2.92. The number of likely N-dealkylation sites (tertiary alicyclic amines) is 2. The summed E-state index contributed by atoms with van der Waals surface area (Å²) in [6.07, 6.45) is 1.58. The van der Waals surface area contributed by atoms with Crippen LogP contribution in [0, 0.1) is 0 Å². The molecule has 2 aliphatic heterocycles. The molecule has 1 unspecified atom stereocenters. The van der Waals surface area contributed by atoms with Gasteiger partial charge in [0.15, 0.2) is 0 Å². The summed E-state index contributed by atoms with van der Waals surface area (Å²) < 4.78 is 11.3. The van der Waals surface area contributed by atoms with Gasteiger partial charge >= 0.3 is 0 Å². The number of rotatable bonds is 7. The van der Waals surface area contributed by atoms with Crippen LogP contribution in [0.15, 0.2) is 54.6 Å². The molecule has 0 spiro atoms. The topological polar surface area (TPSA) is 76.2 Å². The Morgan fingerprint density at radius 3 is 2.27 bits per heavy atom. The number of hydrogen-bond donors (Lipinski definition) is 0. The number of amides is 3. The molecule has 2 aromatic rings. The highest BCUT2D eigenvalue weighted by atomic mass is 16.5. The summed E-state index contributed by atoms with van der Waals surface area (Å²) >= 11 is 0. The smallest absolute Gasteiger partial charge is 0.240 e. The Balaban J connectivity index is 1.41.